The van der Waals surface area contributed by atoms with E-state index in [0.29, 0.717) is 12.0 Å². The Kier molecular flexibility index (Phi) is 3.10. The van der Waals surface area contributed by atoms with Crippen LogP contribution in [0.15, 0.2) is 0 Å². The van der Waals surface area contributed by atoms with Crippen LogP contribution < -0.4 is 0 Å². The van der Waals surface area contributed by atoms with Crippen molar-refractivity contribution in [2.24, 2.45) is 5.92 Å². The zero-order valence-corrected chi connectivity index (χ0v) is 9.12. The first-order valence-corrected chi connectivity index (χ1v) is 5.63. The maximum Gasteiger partial charge on any atom is 0.115 e. The summed E-state index contributed by atoms with van der Waals surface area (Å²) >= 11 is 0. The molecule has 0 bridgehead atoms. The van der Waals surface area contributed by atoms with Crippen molar-refractivity contribution >= 4 is 0 Å². The van der Waals surface area contributed by atoms with Crippen LogP contribution >= 0.6 is 0 Å². The highest BCUT2D eigenvalue weighted by molar-refractivity contribution is 4.89. The molecular formula is C11H20O3. The quantitative estimate of drug-likeness (QED) is 0.674. The van der Waals surface area contributed by atoms with Gasteiger partial charge in [0.05, 0.1) is 32.5 Å². The first kappa shape index (κ1) is 10.4. The van der Waals surface area contributed by atoms with Crippen LogP contribution in [0.5, 0.6) is 0 Å². The number of hydrogen-bond acceptors (Lipinski definition) is 3. The number of rotatable bonds is 5. The second-order valence-electron chi connectivity index (χ2n) is 4.39. The zero-order chi connectivity index (χ0) is 10.0. The number of ether oxygens (including phenoxy) is 3. The van der Waals surface area contributed by atoms with Crippen molar-refractivity contribution in [1.29, 1.82) is 0 Å². The van der Waals surface area contributed by atoms with Crippen molar-refractivity contribution in [2.45, 2.75) is 38.4 Å². The first-order valence-electron chi connectivity index (χ1n) is 5.63. The van der Waals surface area contributed by atoms with Crippen molar-refractivity contribution in [3.63, 3.8) is 0 Å². The highest BCUT2D eigenvalue weighted by atomic mass is 16.6. The van der Waals surface area contributed by atoms with E-state index in [1.54, 1.807) is 0 Å². The molecule has 2 aliphatic rings. The molecule has 2 heterocycles. The molecule has 2 rings (SSSR count). The SMILES string of the molecule is CCC(OC1(CC)COC1)C1COC1. The van der Waals surface area contributed by atoms with Crippen LogP contribution in [0.25, 0.3) is 0 Å². The summed E-state index contributed by atoms with van der Waals surface area (Å²) in [4.78, 5) is 0. The predicted octanol–water partition coefficient (Wildman–Crippen LogP) is 1.61. The molecule has 14 heavy (non-hydrogen) atoms. The Labute approximate surface area is 85.7 Å². The van der Waals surface area contributed by atoms with Gasteiger partial charge in [0.25, 0.3) is 0 Å². The fourth-order valence-electron chi connectivity index (χ4n) is 1.99. The zero-order valence-electron chi connectivity index (χ0n) is 9.12. The molecule has 0 aromatic heterocycles. The third kappa shape index (κ3) is 1.81. The highest BCUT2D eigenvalue weighted by Gasteiger charge is 2.42. The van der Waals surface area contributed by atoms with Gasteiger partial charge in [-0.3, -0.25) is 0 Å². The lowest BCUT2D eigenvalue weighted by atomic mass is 9.94. The molecule has 0 aromatic rings. The Morgan fingerprint density at radius 1 is 1.29 bits per heavy atom. The summed E-state index contributed by atoms with van der Waals surface area (Å²) in [5.41, 5.74) is 0.0241. The summed E-state index contributed by atoms with van der Waals surface area (Å²) in [5.74, 6) is 0.615. The molecule has 0 radical (unpaired) electrons. The minimum absolute atomic E-state index is 0.0241. The fourth-order valence-corrected chi connectivity index (χ4v) is 1.99. The van der Waals surface area contributed by atoms with Gasteiger partial charge in [0.2, 0.25) is 0 Å². The topological polar surface area (TPSA) is 27.7 Å². The summed E-state index contributed by atoms with van der Waals surface area (Å²) in [6.07, 6.45) is 2.50. The lowest BCUT2D eigenvalue weighted by Gasteiger charge is -2.45. The molecule has 0 spiro atoms. The maximum absolute atomic E-state index is 6.17. The maximum atomic E-state index is 6.17. The largest absolute Gasteiger partial charge is 0.380 e. The molecule has 0 aromatic carbocycles. The molecule has 82 valence electrons. The van der Waals surface area contributed by atoms with Gasteiger partial charge in [0, 0.05) is 5.92 Å². The van der Waals surface area contributed by atoms with Crippen LogP contribution in [0.1, 0.15) is 26.7 Å². The van der Waals surface area contributed by atoms with Crippen LogP contribution in [0.4, 0.5) is 0 Å². The van der Waals surface area contributed by atoms with Crippen molar-refractivity contribution in [3.05, 3.63) is 0 Å². The van der Waals surface area contributed by atoms with E-state index in [-0.39, 0.29) is 5.60 Å². The van der Waals surface area contributed by atoms with Gasteiger partial charge in [-0.15, -0.1) is 0 Å². The first-order chi connectivity index (χ1) is 6.79. The molecule has 0 N–H and O–H groups in total. The van der Waals surface area contributed by atoms with E-state index >= 15 is 0 Å². The van der Waals surface area contributed by atoms with Crippen molar-refractivity contribution < 1.29 is 14.2 Å². The monoisotopic (exact) mass is 200 g/mol. The molecule has 1 atom stereocenters. The van der Waals surface area contributed by atoms with E-state index < -0.39 is 0 Å². The third-order valence-corrected chi connectivity index (χ3v) is 3.37. The van der Waals surface area contributed by atoms with Gasteiger partial charge in [0.15, 0.2) is 0 Å². The van der Waals surface area contributed by atoms with Crippen LogP contribution in [0.2, 0.25) is 0 Å². The Hall–Kier alpha value is -0.120. The van der Waals surface area contributed by atoms with Crippen molar-refractivity contribution in [2.75, 3.05) is 26.4 Å². The second kappa shape index (κ2) is 4.17. The van der Waals surface area contributed by atoms with E-state index in [2.05, 4.69) is 13.8 Å². The van der Waals surface area contributed by atoms with Gasteiger partial charge in [-0.25, -0.2) is 0 Å². The summed E-state index contributed by atoms with van der Waals surface area (Å²) in [5, 5.41) is 0. The lowest BCUT2D eigenvalue weighted by molar-refractivity contribution is -0.255. The minimum Gasteiger partial charge on any atom is -0.380 e. The van der Waals surface area contributed by atoms with E-state index in [1.807, 2.05) is 0 Å². The summed E-state index contributed by atoms with van der Waals surface area (Å²) in [6.45, 7) is 7.65. The third-order valence-electron chi connectivity index (χ3n) is 3.37. The lowest BCUT2D eigenvalue weighted by Crippen LogP contribution is -2.55. The van der Waals surface area contributed by atoms with Crippen molar-refractivity contribution in [1.82, 2.24) is 0 Å². The van der Waals surface area contributed by atoms with Crippen LogP contribution in [0.3, 0.4) is 0 Å². The molecule has 3 heteroatoms. The van der Waals surface area contributed by atoms with Crippen LogP contribution in [0, 0.1) is 5.92 Å². The van der Waals surface area contributed by atoms with Crippen LogP contribution in [-0.2, 0) is 14.2 Å². The standard InChI is InChI=1S/C11H20O3/c1-3-10(9-5-12-6-9)14-11(4-2)7-13-8-11/h9-10H,3-8H2,1-2H3. The summed E-state index contributed by atoms with van der Waals surface area (Å²) in [7, 11) is 0. The second-order valence-corrected chi connectivity index (χ2v) is 4.39. The normalized spacial score (nSPS) is 27.9. The smallest absolute Gasteiger partial charge is 0.115 e. The van der Waals surface area contributed by atoms with E-state index in [0.717, 1.165) is 39.3 Å². The average molecular weight is 200 g/mol. The molecule has 0 saturated carbocycles. The predicted molar refractivity (Wildman–Crippen MR) is 53.3 cm³/mol. The minimum atomic E-state index is 0.0241. The Morgan fingerprint density at radius 3 is 2.29 bits per heavy atom. The average Bonchev–Trinajstić information content (AvgIpc) is 2.06. The van der Waals surface area contributed by atoms with Gasteiger partial charge in [0.1, 0.15) is 5.60 Å². The molecule has 1 unspecified atom stereocenters. The van der Waals surface area contributed by atoms with E-state index in [4.69, 9.17) is 14.2 Å². The molecule has 2 saturated heterocycles. The van der Waals surface area contributed by atoms with Gasteiger partial charge in [-0.05, 0) is 12.8 Å². The molecule has 3 nitrogen and oxygen atoms in total. The van der Waals surface area contributed by atoms with Gasteiger partial charge < -0.3 is 14.2 Å². The molecule has 2 aliphatic heterocycles. The fraction of sp³-hybridized carbons (Fsp3) is 1.00. The number of hydrogen-bond donors (Lipinski definition) is 0. The van der Waals surface area contributed by atoms with Gasteiger partial charge in [-0.2, -0.15) is 0 Å². The summed E-state index contributed by atoms with van der Waals surface area (Å²) in [6, 6.07) is 0. The Morgan fingerprint density at radius 2 is 2.00 bits per heavy atom. The van der Waals surface area contributed by atoms with E-state index in [9.17, 15) is 0 Å². The van der Waals surface area contributed by atoms with E-state index in [1.165, 1.54) is 0 Å². The molecule has 0 amide bonds. The highest BCUT2D eigenvalue weighted by Crippen LogP contribution is 2.31. The molecule has 2 fully saturated rings. The summed E-state index contributed by atoms with van der Waals surface area (Å²) < 4.78 is 16.6. The van der Waals surface area contributed by atoms with Crippen LogP contribution in [-0.4, -0.2) is 38.1 Å². The molecule has 0 aliphatic carbocycles. The molecular weight excluding hydrogens is 180 g/mol. The Balaban J connectivity index is 1.86. The Bertz CT molecular complexity index is 179. The van der Waals surface area contributed by atoms with Crippen molar-refractivity contribution in [3.8, 4) is 0 Å². The van der Waals surface area contributed by atoms with Gasteiger partial charge >= 0.3 is 0 Å². The van der Waals surface area contributed by atoms with Gasteiger partial charge in [-0.1, -0.05) is 13.8 Å².